The fourth-order valence-electron chi connectivity index (χ4n) is 4.59. The summed E-state index contributed by atoms with van der Waals surface area (Å²) in [4.78, 5) is 49.6. The Labute approximate surface area is 219 Å². The Bertz CT molecular complexity index is 1060. The normalized spacial score (nSPS) is 15.7. The molecule has 2 aromatic rings. The molecule has 0 spiro atoms. The molecule has 2 aromatic carbocycles. The summed E-state index contributed by atoms with van der Waals surface area (Å²) >= 11 is 0. The van der Waals surface area contributed by atoms with Crippen LogP contribution in [0.2, 0.25) is 0 Å². The number of anilines is 1. The molecule has 0 radical (unpaired) electrons. The zero-order chi connectivity index (χ0) is 26.6. The first kappa shape index (κ1) is 27.9. The number of benzene rings is 2. The molecule has 0 bridgehead atoms. The van der Waals surface area contributed by atoms with Crippen molar-refractivity contribution in [3.05, 3.63) is 65.7 Å². The van der Waals surface area contributed by atoms with Gasteiger partial charge < -0.3 is 26.1 Å². The Kier molecular flexibility index (Phi) is 10.7. The van der Waals surface area contributed by atoms with Crippen molar-refractivity contribution < 1.29 is 19.2 Å². The minimum absolute atomic E-state index is 0.0564. The second kappa shape index (κ2) is 14.2. The summed E-state index contributed by atoms with van der Waals surface area (Å²) in [5.74, 6) is -0.846. The van der Waals surface area contributed by atoms with Gasteiger partial charge in [0.2, 0.25) is 17.7 Å². The van der Waals surface area contributed by atoms with Gasteiger partial charge in [-0.1, -0.05) is 62.4 Å². The van der Waals surface area contributed by atoms with Crippen molar-refractivity contribution in [2.75, 3.05) is 18.4 Å². The Morgan fingerprint density at radius 1 is 1.00 bits per heavy atom. The van der Waals surface area contributed by atoms with Crippen LogP contribution in [0, 0.1) is 5.92 Å². The molecule has 1 heterocycles. The smallest absolute Gasteiger partial charge is 0.243 e. The number of rotatable bonds is 14. The van der Waals surface area contributed by atoms with Crippen LogP contribution in [0.25, 0.3) is 0 Å². The number of carbonyl (C=O) groups is 4. The summed E-state index contributed by atoms with van der Waals surface area (Å²) in [5, 5.41) is 11.5. The second-order valence-corrected chi connectivity index (χ2v) is 10.0. The monoisotopic (exact) mass is 506 g/mol. The van der Waals surface area contributed by atoms with Crippen LogP contribution < -0.4 is 21.3 Å². The summed E-state index contributed by atoms with van der Waals surface area (Å²) in [7, 11) is 0. The number of hydrogen-bond donors (Lipinski definition) is 4. The van der Waals surface area contributed by atoms with Gasteiger partial charge in [0.25, 0.3) is 0 Å². The number of aldehydes is 1. The summed E-state index contributed by atoms with van der Waals surface area (Å²) in [6.07, 6.45) is 3.52. The molecule has 3 rings (SSSR count). The first-order valence-corrected chi connectivity index (χ1v) is 13.0. The van der Waals surface area contributed by atoms with Gasteiger partial charge in [0.05, 0.1) is 12.6 Å². The van der Waals surface area contributed by atoms with Gasteiger partial charge in [-0.05, 0) is 48.8 Å². The highest BCUT2D eigenvalue weighted by Gasteiger charge is 2.26. The fourth-order valence-corrected chi connectivity index (χ4v) is 4.59. The highest BCUT2D eigenvalue weighted by molar-refractivity contribution is 5.91. The van der Waals surface area contributed by atoms with E-state index in [0.717, 1.165) is 30.4 Å². The first-order chi connectivity index (χ1) is 17.9. The van der Waals surface area contributed by atoms with Gasteiger partial charge in [0.15, 0.2) is 0 Å². The fraction of sp³-hybridized carbons (Fsp3) is 0.448. The van der Waals surface area contributed by atoms with E-state index in [1.165, 1.54) is 5.56 Å². The summed E-state index contributed by atoms with van der Waals surface area (Å²) < 4.78 is 0. The van der Waals surface area contributed by atoms with Crippen LogP contribution in [0.5, 0.6) is 0 Å². The van der Waals surface area contributed by atoms with E-state index in [1.807, 2.05) is 68.4 Å². The summed E-state index contributed by atoms with van der Waals surface area (Å²) in [6, 6.07) is 16.4. The Hall–Kier alpha value is -3.68. The minimum Gasteiger partial charge on any atom is -0.384 e. The number of para-hydroxylation sites is 1. The van der Waals surface area contributed by atoms with Gasteiger partial charge in [-0.15, -0.1) is 0 Å². The third-order valence-electron chi connectivity index (χ3n) is 6.49. The van der Waals surface area contributed by atoms with Gasteiger partial charge in [-0.25, -0.2) is 0 Å². The van der Waals surface area contributed by atoms with E-state index in [9.17, 15) is 19.2 Å². The SMILES string of the molecule is CC(C)C[C@H](NC(=O)CNC(=O)CC1CNc2ccccc21)C(=O)N[C@@H](C=O)CCCc1ccccc1. The van der Waals surface area contributed by atoms with E-state index in [1.54, 1.807) is 0 Å². The first-order valence-electron chi connectivity index (χ1n) is 13.0. The number of fused-ring (bicyclic) bond motifs is 1. The number of hydrogen-bond acceptors (Lipinski definition) is 5. The molecule has 0 aromatic heterocycles. The average Bonchev–Trinajstić information content (AvgIpc) is 3.29. The van der Waals surface area contributed by atoms with E-state index in [2.05, 4.69) is 21.3 Å². The molecule has 0 saturated carbocycles. The van der Waals surface area contributed by atoms with Crippen LogP contribution >= 0.6 is 0 Å². The lowest BCUT2D eigenvalue weighted by molar-refractivity contribution is -0.131. The lowest BCUT2D eigenvalue weighted by Crippen LogP contribution is -2.52. The number of amides is 3. The quantitative estimate of drug-likeness (QED) is 0.294. The van der Waals surface area contributed by atoms with Gasteiger partial charge in [-0.2, -0.15) is 0 Å². The number of nitrogens with one attached hydrogen (secondary N) is 4. The van der Waals surface area contributed by atoms with Crippen molar-refractivity contribution in [2.24, 2.45) is 5.92 Å². The third kappa shape index (κ3) is 9.04. The third-order valence-corrected chi connectivity index (χ3v) is 6.49. The molecular weight excluding hydrogens is 468 g/mol. The predicted octanol–water partition coefficient (Wildman–Crippen LogP) is 2.94. The Morgan fingerprint density at radius 2 is 1.73 bits per heavy atom. The minimum atomic E-state index is -0.785. The maximum Gasteiger partial charge on any atom is 0.243 e. The summed E-state index contributed by atoms with van der Waals surface area (Å²) in [5.41, 5.74) is 3.32. The van der Waals surface area contributed by atoms with Crippen molar-refractivity contribution in [1.82, 2.24) is 16.0 Å². The topological polar surface area (TPSA) is 116 Å². The molecule has 8 nitrogen and oxygen atoms in total. The average molecular weight is 507 g/mol. The molecule has 3 atom stereocenters. The molecule has 3 amide bonds. The standard InChI is InChI=1S/C29H38N4O4/c1-20(2)15-26(29(37)32-23(19-34)12-8-11-21-9-4-3-5-10-21)33-28(36)18-31-27(35)16-22-17-30-25-14-7-6-13-24(22)25/h3-7,9-10,13-14,19-20,22-23,26,30H,8,11-12,15-18H2,1-2H3,(H,31,35)(H,32,37)(H,33,36)/t22?,23-,26+/m1/s1. The maximum absolute atomic E-state index is 12.9. The molecule has 1 aliphatic rings. The zero-order valence-corrected chi connectivity index (χ0v) is 21.7. The molecule has 198 valence electrons. The van der Waals surface area contributed by atoms with Crippen LogP contribution in [0.15, 0.2) is 54.6 Å². The van der Waals surface area contributed by atoms with Crippen LogP contribution in [0.1, 0.15) is 56.6 Å². The molecular formula is C29H38N4O4. The van der Waals surface area contributed by atoms with E-state index in [-0.39, 0.29) is 36.6 Å². The van der Waals surface area contributed by atoms with Gasteiger partial charge >= 0.3 is 0 Å². The van der Waals surface area contributed by atoms with Crippen molar-refractivity contribution >= 4 is 29.7 Å². The molecule has 1 unspecified atom stereocenters. The molecule has 0 fully saturated rings. The van der Waals surface area contributed by atoms with Crippen molar-refractivity contribution in [2.45, 2.75) is 64.0 Å². The van der Waals surface area contributed by atoms with Crippen LogP contribution in [-0.2, 0) is 25.6 Å². The molecule has 37 heavy (non-hydrogen) atoms. The van der Waals surface area contributed by atoms with Crippen LogP contribution in [0.4, 0.5) is 5.69 Å². The highest BCUT2D eigenvalue weighted by atomic mass is 16.2. The van der Waals surface area contributed by atoms with E-state index in [0.29, 0.717) is 19.4 Å². The molecule has 8 heteroatoms. The van der Waals surface area contributed by atoms with Crippen LogP contribution in [0.3, 0.4) is 0 Å². The second-order valence-electron chi connectivity index (χ2n) is 10.0. The van der Waals surface area contributed by atoms with Crippen molar-refractivity contribution in [3.8, 4) is 0 Å². The Balaban J connectivity index is 1.45. The van der Waals surface area contributed by atoms with Crippen molar-refractivity contribution in [1.29, 1.82) is 0 Å². The lowest BCUT2D eigenvalue weighted by Gasteiger charge is -2.22. The molecule has 1 aliphatic heterocycles. The lowest BCUT2D eigenvalue weighted by atomic mass is 9.97. The predicted molar refractivity (Wildman–Crippen MR) is 144 cm³/mol. The maximum atomic E-state index is 12.9. The molecule has 0 saturated heterocycles. The van der Waals surface area contributed by atoms with Crippen molar-refractivity contribution in [3.63, 3.8) is 0 Å². The highest BCUT2D eigenvalue weighted by Crippen LogP contribution is 2.32. The van der Waals surface area contributed by atoms with Gasteiger partial charge in [0, 0.05) is 24.6 Å². The Morgan fingerprint density at radius 3 is 2.46 bits per heavy atom. The van der Waals surface area contributed by atoms with E-state index in [4.69, 9.17) is 0 Å². The molecule has 4 N–H and O–H groups in total. The largest absolute Gasteiger partial charge is 0.384 e. The zero-order valence-electron chi connectivity index (χ0n) is 21.7. The number of carbonyl (C=O) groups excluding carboxylic acids is 4. The van der Waals surface area contributed by atoms with Crippen LogP contribution in [-0.4, -0.2) is 49.2 Å². The van der Waals surface area contributed by atoms with E-state index >= 15 is 0 Å². The van der Waals surface area contributed by atoms with Gasteiger partial charge in [0.1, 0.15) is 12.3 Å². The van der Waals surface area contributed by atoms with Gasteiger partial charge in [-0.3, -0.25) is 14.4 Å². The van der Waals surface area contributed by atoms with E-state index < -0.39 is 18.0 Å². The number of aryl methyl sites for hydroxylation is 1. The molecule has 0 aliphatic carbocycles. The summed E-state index contributed by atoms with van der Waals surface area (Å²) in [6.45, 7) is 4.38.